The summed E-state index contributed by atoms with van der Waals surface area (Å²) in [5.41, 5.74) is 3.91. The predicted molar refractivity (Wildman–Crippen MR) is 75.1 cm³/mol. The average Bonchev–Trinajstić information content (AvgIpc) is 3.06. The molecule has 1 N–H and O–H groups in total. The standard InChI is InChI=1S/C13H15ClN2S/c1-2-10(8-3-4-8)16-12-9(14)5-6-11-13(12)15-7-17-11/h5-8,10,16H,2-4H2,1H3. The smallest absolute Gasteiger partial charge is 0.106 e. The molecule has 1 heterocycles. The van der Waals surface area contributed by atoms with Gasteiger partial charge in [-0.05, 0) is 37.3 Å². The van der Waals surface area contributed by atoms with E-state index >= 15 is 0 Å². The molecule has 4 heteroatoms. The maximum Gasteiger partial charge on any atom is 0.106 e. The SMILES string of the molecule is CCC(Nc1c(Cl)ccc2scnc12)C1CC1. The highest BCUT2D eigenvalue weighted by atomic mass is 35.5. The maximum absolute atomic E-state index is 6.29. The zero-order valence-corrected chi connectivity index (χ0v) is 11.3. The van der Waals surface area contributed by atoms with Crippen LogP contribution in [0, 0.1) is 5.92 Å². The van der Waals surface area contributed by atoms with Crippen molar-refractivity contribution in [3.63, 3.8) is 0 Å². The van der Waals surface area contributed by atoms with Crippen LogP contribution >= 0.6 is 22.9 Å². The van der Waals surface area contributed by atoms with Crippen LogP contribution in [0.1, 0.15) is 26.2 Å². The Kier molecular flexibility index (Phi) is 2.97. The Balaban J connectivity index is 1.97. The predicted octanol–water partition coefficient (Wildman–Crippen LogP) is 4.55. The highest BCUT2D eigenvalue weighted by molar-refractivity contribution is 7.16. The lowest BCUT2D eigenvalue weighted by Gasteiger charge is -2.18. The summed E-state index contributed by atoms with van der Waals surface area (Å²) in [6.07, 6.45) is 3.83. The number of halogens is 1. The Hall–Kier alpha value is -0.800. The minimum absolute atomic E-state index is 0.541. The van der Waals surface area contributed by atoms with E-state index in [1.165, 1.54) is 17.5 Å². The van der Waals surface area contributed by atoms with Crippen molar-refractivity contribution in [3.05, 3.63) is 22.7 Å². The number of rotatable bonds is 4. The van der Waals surface area contributed by atoms with E-state index in [1.54, 1.807) is 11.3 Å². The molecule has 0 amide bonds. The van der Waals surface area contributed by atoms with Crippen molar-refractivity contribution >= 4 is 38.8 Å². The summed E-state index contributed by atoms with van der Waals surface area (Å²) in [7, 11) is 0. The minimum Gasteiger partial charge on any atom is -0.379 e. The van der Waals surface area contributed by atoms with Crippen molar-refractivity contribution in [3.8, 4) is 0 Å². The fraction of sp³-hybridized carbons (Fsp3) is 0.462. The minimum atomic E-state index is 0.541. The van der Waals surface area contributed by atoms with E-state index < -0.39 is 0 Å². The molecule has 0 bridgehead atoms. The van der Waals surface area contributed by atoms with Gasteiger partial charge in [-0.2, -0.15) is 0 Å². The number of fused-ring (bicyclic) bond motifs is 1. The molecule has 0 spiro atoms. The molecule has 0 saturated heterocycles. The van der Waals surface area contributed by atoms with Crippen molar-refractivity contribution in [2.75, 3.05) is 5.32 Å². The largest absolute Gasteiger partial charge is 0.379 e. The van der Waals surface area contributed by atoms with Gasteiger partial charge in [-0.1, -0.05) is 18.5 Å². The first kappa shape index (κ1) is 11.3. The summed E-state index contributed by atoms with van der Waals surface area (Å²) in [6, 6.07) is 4.54. The zero-order chi connectivity index (χ0) is 11.8. The molecule has 0 aliphatic heterocycles. The van der Waals surface area contributed by atoms with Gasteiger partial charge in [0.25, 0.3) is 0 Å². The van der Waals surface area contributed by atoms with E-state index in [-0.39, 0.29) is 0 Å². The molecule has 1 saturated carbocycles. The van der Waals surface area contributed by atoms with Crippen molar-refractivity contribution in [1.82, 2.24) is 4.98 Å². The first-order valence-corrected chi connectivity index (χ1v) is 7.33. The van der Waals surface area contributed by atoms with Gasteiger partial charge < -0.3 is 5.32 Å². The molecule has 0 radical (unpaired) electrons. The fourth-order valence-corrected chi connectivity index (χ4v) is 3.17. The summed E-state index contributed by atoms with van der Waals surface area (Å²) in [6.45, 7) is 2.23. The van der Waals surface area contributed by atoms with E-state index in [4.69, 9.17) is 11.6 Å². The Labute approximate surface area is 110 Å². The van der Waals surface area contributed by atoms with Crippen LogP contribution in [0.5, 0.6) is 0 Å². The van der Waals surface area contributed by atoms with Gasteiger partial charge >= 0.3 is 0 Å². The first-order chi connectivity index (χ1) is 8.29. The number of hydrogen-bond acceptors (Lipinski definition) is 3. The second kappa shape index (κ2) is 4.46. The van der Waals surface area contributed by atoms with Gasteiger partial charge in [0.1, 0.15) is 5.52 Å². The third-order valence-electron chi connectivity index (χ3n) is 3.41. The van der Waals surface area contributed by atoms with Crippen LogP contribution in [0.15, 0.2) is 17.6 Å². The number of hydrogen-bond donors (Lipinski definition) is 1. The van der Waals surface area contributed by atoms with Crippen molar-refractivity contribution in [2.24, 2.45) is 5.92 Å². The second-order valence-electron chi connectivity index (χ2n) is 4.62. The molecule has 3 rings (SSSR count). The Bertz CT molecular complexity index is 533. The van der Waals surface area contributed by atoms with Crippen molar-refractivity contribution in [2.45, 2.75) is 32.2 Å². The summed E-state index contributed by atoms with van der Waals surface area (Å²) in [4.78, 5) is 4.42. The van der Waals surface area contributed by atoms with Gasteiger partial charge in [-0.3, -0.25) is 0 Å². The number of nitrogens with one attached hydrogen (secondary N) is 1. The molecule has 17 heavy (non-hydrogen) atoms. The first-order valence-electron chi connectivity index (χ1n) is 6.08. The molecule has 1 aliphatic carbocycles. The van der Waals surface area contributed by atoms with Crippen molar-refractivity contribution in [1.29, 1.82) is 0 Å². The van der Waals surface area contributed by atoms with Gasteiger partial charge in [0, 0.05) is 6.04 Å². The van der Waals surface area contributed by atoms with Gasteiger partial charge in [-0.15, -0.1) is 11.3 Å². The second-order valence-corrected chi connectivity index (χ2v) is 5.91. The number of anilines is 1. The molecule has 2 aromatic rings. The van der Waals surface area contributed by atoms with Gasteiger partial charge in [0.2, 0.25) is 0 Å². The van der Waals surface area contributed by atoms with E-state index in [0.29, 0.717) is 6.04 Å². The van der Waals surface area contributed by atoms with Crippen LogP contribution in [0.3, 0.4) is 0 Å². The van der Waals surface area contributed by atoms with Crippen molar-refractivity contribution < 1.29 is 0 Å². The fourth-order valence-electron chi connectivity index (χ4n) is 2.28. The lowest BCUT2D eigenvalue weighted by molar-refractivity contribution is 0.617. The number of aromatic nitrogens is 1. The molecule has 1 unspecified atom stereocenters. The lowest BCUT2D eigenvalue weighted by atomic mass is 10.1. The summed E-state index contributed by atoms with van der Waals surface area (Å²) < 4.78 is 1.20. The quantitative estimate of drug-likeness (QED) is 0.878. The topological polar surface area (TPSA) is 24.9 Å². The molecule has 1 fully saturated rings. The van der Waals surface area contributed by atoms with Crippen LogP contribution in [-0.2, 0) is 0 Å². The summed E-state index contributed by atoms with van der Waals surface area (Å²) in [5, 5.41) is 4.38. The van der Waals surface area contributed by atoms with E-state index in [0.717, 1.165) is 28.6 Å². The van der Waals surface area contributed by atoms with Crippen LogP contribution in [0.2, 0.25) is 5.02 Å². The third-order valence-corrected chi connectivity index (χ3v) is 4.52. The highest BCUT2D eigenvalue weighted by Gasteiger charge is 2.30. The third kappa shape index (κ3) is 2.14. The Morgan fingerprint density at radius 2 is 2.35 bits per heavy atom. The van der Waals surface area contributed by atoms with Crippen LogP contribution in [0.25, 0.3) is 10.2 Å². The lowest BCUT2D eigenvalue weighted by Crippen LogP contribution is -2.21. The monoisotopic (exact) mass is 266 g/mol. The molecule has 1 aliphatic rings. The van der Waals surface area contributed by atoms with Gasteiger partial charge in [0.15, 0.2) is 0 Å². The number of thiazole rings is 1. The molecular formula is C13H15ClN2S. The summed E-state index contributed by atoms with van der Waals surface area (Å²) in [5.74, 6) is 0.824. The molecule has 1 aromatic heterocycles. The van der Waals surface area contributed by atoms with Gasteiger partial charge in [-0.25, -0.2) is 4.98 Å². The summed E-state index contributed by atoms with van der Waals surface area (Å²) >= 11 is 7.95. The van der Waals surface area contributed by atoms with Crippen LogP contribution < -0.4 is 5.32 Å². The molecule has 1 aromatic carbocycles. The normalized spacial score (nSPS) is 17.3. The number of nitrogens with zero attached hydrogens (tertiary/aromatic N) is 1. The average molecular weight is 267 g/mol. The molecule has 1 atom stereocenters. The Morgan fingerprint density at radius 1 is 1.53 bits per heavy atom. The van der Waals surface area contributed by atoms with E-state index in [9.17, 15) is 0 Å². The molecule has 2 nitrogen and oxygen atoms in total. The number of benzene rings is 1. The Morgan fingerprint density at radius 3 is 3.06 bits per heavy atom. The molecular weight excluding hydrogens is 252 g/mol. The zero-order valence-electron chi connectivity index (χ0n) is 9.74. The highest BCUT2D eigenvalue weighted by Crippen LogP contribution is 2.39. The van der Waals surface area contributed by atoms with Crippen LogP contribution in [-0.4, -0.2) is 11.0 Å². The van der Waals surface area contributed by atoms with Crippen LogP contribution in [0.4, 0.5) is 5.69 Å². The van der Waals surface area contributed by atoms with E-state index in [2.05, 4.69) is 17.2 Å². The molecule has 90 valence electrons. The maximum atomic E-state index is 6.29. The van der Waals surface area contributed by atoms with E-state index in [1.807, 2.05) is 17.6 Å². The van der Waals surface area contributed by atoms with Gasteiger partial charge in [0.05, 0.1) is 20.9 Å².